The van der Waals surface area contributed by atoms with Gasteiger partial charge in [0, 0.05) is 5.56 Å². The highest BCUT2D eigenvalue weighted by Gasteiger charge is 2.46. The van der Waals surface area contributed by atoms with Crippen molar-refractivity contribution in [3.63, 3.8) is 0 Å². The molecule has 1 fully saturated rings. The molecule has 3 aromatic rings. The number of ketones is 1. The van der Waals surface area contributed by atoms with Crippen LogP contribution in [0.1, 0.15) is 28.5 Å². The molecular formula is C25H22FNO6. The van der Waals surface area contributed by atoms with Crippen LogP contribution in [0.5, 0.6) is 11.5 Å². The van der Waals surface area contributed by atoms with Gasteiger partial charge in [0.2, 0.25) is 0 Å². The monoisotopic (exact) mass is 451 g/mol. The Hall–Kier alpha value is -4.07. The van der Waals surface area contributed by atoms with Gasteiger partial charge in [0.15, 0.2) is 11.5 Å². The van der Waals surface area contributed by atoms with Crippen molar-refractivity contribution >= 4 is 17.4 Å². The third-order valence-electron chi connectivity index (χ3n) is 5.61. The molecule has 0 radical (unpaired) electrons. The fourth-order valence-corrected chi connectivity index (χ4v) is 3.88. The number of aliphatic hydroxyl groups excluding tert-OH is 1. The highest BCUT2D eigenvalue weighted by molar-refractivity contribution is 6.46. The van der Waals surface area contributed by atoms with E-state index in [-0.39, 0.29) is 17.7 Å². The maximum atomic E-state index is 14.2. The van der Waals surface area contributed by atoms with Crippen molar-refractivity contribution in [3.8, 4) is 11.5 Å². The summed E-state index contributed by atoms with van der Waals surface area (Å²) in [5, 5.41) is 11.1. The molecule has 1 saturated heterocycles. The zero-order valence-electron chi connectivity index (χ0n) is 18.3. The first-order chi connectivity index (χ1) is 15.8. The normalized spacial score (nSPS) is 17.5. The fraction of sp³-hybridized carbons (Fsp3) is 0.200. The van der Waals surface area contributed by atoms with Crippen molar-refractivity contribution in [2.75, 3.05) is 14.2 Å². The summed E-state index contributed by atoms with van der Waals surface area (Å²) in [5.74, 6) is -1.37. The summed E-state index contributed by atoms with van der Waals surface area (Å²) in [4.78, 5) is 27.4. The largest absolute Gasteiger partial charge is 0.507 e. The zero-order valence-corrected chi connectivity index (χ0v) is 18.3. The molecule has 1 aromatic heterocycles. The van der Waals surface area contributed by atoms with Gasteiger partial charge in [-0.15, -0.1) is 0 Å². The van der Waals surface area contributed by atoms with E-state index in [9.17, 15) is 19.1 Å². The van der Waals surface area contributed by atoms with E-state index in [4.69, 9.17) is 13.9 Å². The zero-order chi connectivity index (χ0) is 23.7. The molecule has 170 valence electrons. The molecule has 2 heterocycles. The molecule has 7 nitrogen and oxygen atoms in total. The number of hydrogen-bond donors (Lipinski definition) is 1. The van der Waals surface area contributed by atoms with Crippen LogP contribution in [-0.4, -0.2) is 35.9 Å². The smallest absolute Gasteiger partial charge is 0.296 e. The molecule has 0 spiro atoms. The van der Waals surface area contributed by atoms with Crippen LogP contribution in [0.4, 0.5) is 4.39 Å². The molecule has 33 heavy (non-hydrogen) atoms. The highest BCUT2D eigenvalue weighted by atomic mass is 19.1. The van der Waals surface area contributed by atoms with E-state index in [1.54, 1.807) is 37.3 Å². The number of furan rings is 1. The molecule has 0 bridgehead atoms. The Morgan fingerprint density at radius 1 is 1.09 bits per heavy atom. The molecule has 4 rings (SSSR count). The predicted molar refractivity (Wildman–Crippen MR) is 117 cm³/mol. The summed E-state index contributed by atoms with van der Waals surface area (Å²) in [6.07, 6.45) is 1.46. The summed E-state index contributed by atoms with van der Waals surface area (Å²) in [6, 6.07) is 11.5. The van der Waals surface area contributed by atoms with Crippen LogP contribution in [0, 0.1) is 12.7 Å². The molecule has 1 aliphatic heterocycles. The number of aryl methyl sites for hydroxylation is 1. The minimum Gasteiger partial charge on any atom is -0.507 e. The molecule has 0 saturated carbocycles. The number of carbonyl (C=O) groups excluding carboxylic acids is 2. The number of rotatable bonds is 6. The molecular weight excluding hydrogens is 429 g/mol. The second-order valence-corrected chi connectivity index (χ2v) is 7.58. The third kappa shape index (κ3) is 3.95. The molecule has 8 heteroatoms. The van der Waals surface area contributed by atoms with Crippen LogP contribution in [-0.2, 0) is 16.1 Å². The first kappa shape index (κ1) is 22.1. The van der Waals surface area contributed by atoms with E-state index in [1.807, 2.05) is 0 Å². The second kappa shape index (κ2) is 8.82. The van der Waals surface area contributed by atoms with Gasteiger partial charge in [-0.25, -0.2) is 4.39 Å². The number of aliphatic hydroxyl groups is 1. The Balaban J connectivity index is 1.90. The maximum absolute atomic E-state index is 14.2. The van der Waals surface area contributed by atoms with E-state index >= 15 is 0 Å². The van der Waals surface area contributed by atoms with Crippen molar-refractivity contribution in [1.29, 1.82) is 0 Å². The fourth-order valence-electron chi connectivity index (χ4n) is 3.88. The Bertz CT molecular complexity index is 1250. The topological polar surface area (TPSA) is 89.2 Å². The van der Waals surface area contributed by atoms with Gasteiger partial charge in [-0.05, 0) is 48.4 Å². The summed E-state index contributed by atoms with van der Waals surface area (Å²) in [7, 11) is 2.96. The maximum Gasteiger partial charge on any atom is 0.296 e. The van der Waals surface area contributed by atoms with Crippen molar-refractivity contribution in [1.82, 2.24) is 4.90 Å². The summed E-state index contributed by atoms with van der Waals surface area (Å²) in [6.45, 7) is 1.58. The lowest BCUT2D eigenvalue weighted by molar-refractivity contribution is -0.140. The van der Waals surface area contributed by atoms with Gasteiger partial charge >= 0.3 is 0 Å². The van der Waals surface area contributed by atoms with Crippen molar-refractivity contribution in [2.45, 2.75) is 19.5 Å². The lowest BCUT2D eigenvalue weighted by Gasteiger charge is -2.25. The number of amides is 1. The Labute approximate surface area is 189 Å². The number of hydrogen-bond acceptors (Lipinski definition) is 6. The van der Waals surface area contributed by atoms with Crippen molar-refractivity contribution in [2.24, 2.45) is 0 Å². The van der Waals surface area contributed by atoms with E-state index in [0.717, 1.165) is 6.07 Å². The van der Waals surface area contributed by atoms with Crippen LogP contribution in [0.2, 0.25) is 0 Å². The quantitative estimate of drug-likeness (QED) is 0.340. The van der Waals surface area contributed by atoms with Crippen LogP contribution < -0.4 is 9.47 Å². The minimum absolute atomic E-state index is 0.00434. The number of halogens is 1. The molecule has 0 unspecified atom stereocenters. The Morgan fingerprint density at radius 2 is 1.85 bits per heavy atom. The number of ether oxygens (including phenoxy) is 2. The van der Waals surface area contributed by atoms with Gasteiger partial charge in [-0.2, -0.15) is 0 Å². The van der Waals surface area contributed by atoms with Gasteiger partial charge in [0.1, 0.15) is 17.3 Å². The van der Waals surface area contributed by atoms with Crippen LogP contribution in [0.15, 0.2) is 64.8 Å². The van der Waals surface area contributed by atoms with Crippen LogP contribution in [0.25, 0.3) is 5.76 Å². The minimum atomic E-state index is -0.959. The SMILES string of the molecule is COc1ccc([C@@H]2C(=C(O)c3ccc(C)c(F)c3)C(=O)C(=O)N2Cc2ccco2)cc1OC. The number of methoxy groups -OCH3 is 2. The van der Waals surface area contributed by atoms with E-state index in [2.05, 4.69) is 0 Å². The number of carbonyl (C=O) groups is 2. The molecule has 0 aliphatic carbocycles. The summed E-state index contributed by atoms with van der Waals surface area (Å²) < 4.78 is 30.2. The molecule has 2 aromatic carbocycles. The number of nitrogens with zero attached hydrogens (tertiary/aromatic N) is 1. The lowest BCUT2D eigenvalue weighted by Crippen LogP contribution is -2.29. The average Bonchev–Trinajstić information content (AvgIpc) is 3.42. The molecule has 1 atom stereocenters. The number of benzene rings is 2. The van der Waals surface area contributed by atoms with Gasteiger partial charge in [0.05, 0.1) is 38.6 Å². The van der Waals surface area contributed by atoms with E-state index in [1.165, 1.54) is 37.5 Å². The number of Topliss-reactive ketones (excluding diaryl/α,β-unsaturated/α-hetero) is 1. The van der Waals surface area contributed by atoms with Gasteiger partial charge < -0.3 is 23.9 Å². The molecule has 1 amide bonds. The standard InChI is InChI=1S/C25H22FNO6/c1-14-6-7-16(11-18(14)26)23(28)21-22(15-8-9-19(31-2)20(12-15)32-3)27(25(30)24(21)29)13-17-5-4-10-33-17/h4-12,22,28H,13H2,1-3H3/t22-/m1/s1. The van der Waals surface area contributed by atoms with Gasteiger partial charge in [-0.1, -0.05) is 18.2 Å². The van der Waals surface area contributed by atoms with Crippen LogP contribution in [0.3, 0.4) is 0 Å². The average molecular weight is 451 g/mol. The Kier molecular flexibility index (Phi) is 5.91. The third-order valence-corrected chi connectivity index (χ3v) is 5.61. The van der Waals surface area contributed by atoms with Crippen molar-refractivity contribution in [3.05, 3.63) is 88.6 Å². The van der Waals surface area contributed by atoms with Gasteiger partial charge in [0.25, 0.3) is 11.7 Å². The van der Waals surface area contributed by atoms with Crippen molar-refractivity contribution < 1.29 is 33.0 Å². The van der Waals surface area contributed by atoms with E-state index in [0.29, 0.717) is 28.4 Å². The predicted octanol–water partition coefficient (Wildman–Crippen LogP) is 4.37. The number of likely N-dealkylation sites (tertiary alicyclic amines) is 1. The summed E-state index contributed by atoms with van der Waals surface area (Å²) in [5.41, 5.74) is 0.843. The summed E-state index contributed by atoms with van der Waals surface area (Å²) >= 11 is 0. The highest BCUT2D eigenvalue weighted by Crippen LogP contribution is 2.42. The van der Waals surface area contributed by atoms with Crippen LogP contribution >= 0.6 is 0 Å². The van der Waals surface area contributed by atoms with E-state index < -0.39 is 29.3 Å². The molecule has 1 aliphatic rings. The van der Waals surface area contributed by atoms with Gasteiger partial charge in [-0.3, -0.25) is 9.59 Å². The molecule has 1 N–H and O–H groups in total. The first-order valence-electron chi connectivity index (χ1n) is 10.1. The Morgan fingerprint density at radius 3 is 2.48 bits per heavy atom. The first-order valence-corrected chi connectivity index (χ1v) is 10.1. The lowest BCUT2D eigenvalue weighted by atomic mass is 9.94. The second-order valence-electron chi connectivity index (χ2n) is 7.58.